The molecule has 2 amide bonds. The number of piperidine rings is 1. The number of carbonyl (C=O) groups excluding carboxylic acids is 2. The molecule has 6 nitrogen and oxygen atoms in total. The third kappa shape index (κ3) is 3.83. The van der Waals surface area contributed by atoms with Crippen LogP contribution in [0.4, 0.5) is 17.6 Å². The lowest BCUT2D eigenvalue weighted by Crippen LogP contribution is -2.51. The van der Waals surface area contributed by atoms with Crippen molar-refractivity contribution in [3.05, 3.63) is 65.0 Å². The van der Waals surface area contributed by atoms with Gasteiger partial charge in [0.25, 0.3) is 17.7 Å². The van der Waals surface area contributed by atoms with Crippen LogP contribution < -0.4 is 0 Å². The number of amides is 2. The molecule has 180 valence electrons. The fraction of sp³-hybridized carbons (Fsp3) is 0.458. The van der Waals surface area contributed by atoms with Crippen LogP contribution in [0.15, 0.2) is 36.5 Å². The monoisotopic (exact) mass is 477 g/mol. The molecule has 0 radical (unpaired) electrons. The lowest BCUT2D eigenvalue weighted by molar-refractivity contribution is -0.142. The summed E-state index contributed by atoms with van der Waals surface area (Å²) in [4.78, 5) is 33.1. The van der Waals surface area contributed by atoms with Gasteiger partial charge in [0.2, 0.25) is 0 Å². The molecule has 0 saturated carbocycles. The van der Waals surface area contributed by atoms with E-state index in [9.17, 15) is 27.2 Å². The van der Waals surface area contributed by atoms with E-state index in [2.05, 4.69) is 4.98 Å². The van der Waals surface area contributed by atoms with Crippen molar-refractivity contribution in [2.75, 3.05) is 13.1 Å². The third-order valence-corrected chi connectivity index (χ3v) is 6.90. The number of pyridine rings is 1. The number of nitrogens with zero attached hydrogens (tertiary/aromatic N) is 3. The molecule has 1 aromatic carbocycles. The normalized spacial score (nSPS) is 24.1. The Kier molecular flexibility index (Phi) is 5.38. The molecule has 0 bridgehead atoms. The second kappa shape index (κ2) is 8.04. The Morgan fingerprint density at radius 2 is 1.79 bits per heavy atom. The quantitative estimate of drug-likeness (QED) is 0.623. The Balaban J connectivity index is 1.30. The highest BCUT2D eigenvalue weighted by atomic mass is 19.3. The molecule has 34 heavy (non-hydrogen) atoms. The second-order valence-electron chi connectivity index (χ2n) is 9.19. The van der Waals surface area contributed by atoms with Gasteiger partial charge in [-0.1, -0.05) is 0 Å². The minimum absolute atomic E-state index is 0.106. The molecular weight excluding hydrogens is 454 g/mol. The molecule has 3 aliphatic heterocycles. The molecular formula is C24H23F4N3O3. The summed E-state index contributed by atoms with van der Waals surface area (Å²) in [6.45, 7) is 1.14. The molecule has 3 saturated heterocycles. The van der Waals surface area contributed by atoms with Gasteiger partial charge in [-0.05, 0) is 42.7 Å². The van der Waals surface area contributed by atoms with Gasteiger partial charge in [-0.2, -0.15) is 8.78 Å². The van der Waals surface area contributed by atoms with Crippen LogP contribution in [-0.4, -0.2) is 51.5 Å². The number of benzene rings is 1. The highest BCUT2D eigenvalue weighted by Crippen LogP contribution is 2.47. The fourth-order valence-electron chi connectivity index (χ4n) is 5.20. The van der Waals surface area contributed by atoms with Crippen molar-refractivity contribution >= 4 is 11.8 Å². The maximum absolute atomic E-state index is 13.8. The van der Waals surface area contributed by atoms with Crippen LogP contribution in [-0.2, 0) is 15.5 Å². The highest BCUT2D eigenvalue weighted by molar-refractivity contribution is 5.95. The first-order valence-electron chi connectivity index (χ1n) is 11.2. The summed E-state index contributed by atoms with van der Waals surface area (Å²) in [6, 6.07) is 5.25. The van der Waals surface area contributed by atoms with Gasteiger partial charge in [0.05, 0.1) is 6.04 Å². The van der Waals surface area contributed by atoms with Crippen molar-refractivity contribution in [2.45, 2.75) is 56.4 Å². The number of halogens is 4. The minimum atomic E-state index is -3.17. The Labute approximate surface area is 193 Å². The molecule has 1 aromatic heterocycles. The van der Waals surface area contributed by atoms with Crippen LogP contribution in [0.25, 0.3) is 0 Å². The molecule has 0 N–H and O–H groups in total. The first-order chi connectivity index (χ1) is 16.1. The number of fused-ring (bicyclic) bond motifs is 1. The zero-order chi connectivity index (χ0) is 24.3. The number of likely N-dealkylation sites (tertiary alicyclic amines) is 1. The molecule has 1 spiro atoms. The summed E-state index contributed by atoms with van der Waals surface area (Å²) in [5.41, 5.74) is -1.09. The van der Waals surface area contributed by atoms with Crippen molar-refractivity contribution in [3.63, 3.8) is 0 Å². The first-order valence-corrected chi connectivity index (χ1v) is 11.2. The number of rotatable bonds is 3. The average Bonchev–Trinajstić information content (AvgIpc) is 3.31. The van der Waals surface area contributed by atoms with Gasteiger partial charge in [-0.3, -0.25) is 14.6 Å². The van der Waals surface area contributed by atoms with Crippen molar-refractivity contribution < 1.29 is 31.9 Å². The number of aromatic nitrogens is 1. The Morgan fingerprint density at radius 3 is 2.44 bits per heavy atom. The number of alkyl halides is 2. The summed E-state index contributed by atoms with van der Waals surface area (Å²) in [5, 5.41) is 0. The summed E-state index contributed by atoms with van der Waals surface area (Å²) in [6.07, 6.45) is 2.27. The predicted molar refractivity (Wildman–Crippen MR) is 112 cm³/mol. The van der Waals surface area contributed by atoms with Gasteiger partial charge in [-0.25, -0.2) is 8.78 Å². The molecule has 0 unspecified atom stereocenters. The molecule has 3 fully saturated rings. The minimum Gasteiger partial charge on any atom is -0.342 e. The second-order valence-corrected chi connectivity index (χ2v) is 9.19. The average molecular weight is 477 g/mol. The zero-order valence-electron chi connectivity index (χ0n) is 18.4. The van der Waals surface area contributed by atoms with Gasteiger partial charge in [-0.15, -0.1) is 0 Å². The Bertz CT molecular complexity index is 1120. The maximum atomic E-state index is 13.8. The molecule has 2 atom stereocenters. The molecule has 0 aliphatic carbocycles. The Morgan fingerprint density at radius 1 is 1.12 bits per heavy atom. The van der Waals surface area contributed by atoms with E-state index in [0.29, 0.717) is 18.4 Å². The number of carbonyl (C=O) groups is 2. The number of hydrogen-bond donors (Lipinski definition) is 0. The third-order valence-electron chi connectivity index (χ3n) is 6.90. The van der Waals surface area contributed by atoms with Crippen molar-refractivity contribution in [1.82, 2.24) is 14.8 Å². The van der Waals surface area contributed by atoms with Crippen molar-refractivity contribution in [1.29, 1.82) is 0 Å². The lowest BCUT2D eigenvalue weighted by Gasteiger charge is -2.37. The highest BCUT2D eigenvalue weighted by Gasteiger charge is 2.58. The topological polar surface area (TPSA) is 62.7 Å². The van der Waals surface area contributed by atoms with E-state index in [-0.39, 0.29) is 37.4 Å². The van der Waals surface area contributed by atoms with Crippen molar-refractivity contribution in [3.8, 4) is 0 Å². The number of ether oxygens (including phenoxy) is 1. The Hall–Kier alpha value is -3.01. The van der Waals surface area contributed by atoms with Gasteiger partial charge < -0.3 is 14.5 Å². The summed E-state index contributed by atoms with van der Waals surface area (Å²) in [7, 11) is 0. The van der Waals surface area contributed by atoms with E-state index >= 15 is 0 Å². The SMILES string of the molecule is CC(F)(F)c1cc(C(=O)N2CCC3(CC2)O[C@@H]2CC[C@@H](c4cc(F)cc(F)c4)N2C3=O)ccn1. The van der Waals surface area contributed by atoms with Crippen LogP contribution in [0.2, 0.25) is 0 Å². The molecule has 10 heteroatoms. The van der Waals surface area contributed by atoms with Crippen LogP contribution in [0.1, 0.15) is 60.3 Å². The van der Waals surface area contributed by atoms with E-state index in [1.165, 1.54) is 29.3 Å². The zero-order valence-corrected chi connectivity index (χ0v) is 18.4. The largest absolute Gasteiger partial charge is 0.342 e. The molecule has 2 aromatic rings. The summed E-state index contributed by atoms with van der Waals surface area (Å²) < 4.78 is 60.9. The lowest BCUT2D eigenvalue weighted by atomic mass is 9.89. The fourth-order valence-corrected chi connectivity index (χ4v) is 5.20. The van der Waals surface area contributed by atoms with Crippen LogP contribution in [0.5, 0.6) is 0 Å². The van der Waals surface area contributed by atoms with Crippen molar-refractivity contribution in [2.24, 2.45) is 0 Å². The molecule has 3 aliphatic rings. The molecule has 4 heterocycles. The first kappa shape index (κ1) is 22.8. The van der Waals surface area contributed by atoms with E-state index < -0.39 is 47.0 Å². The van der Waals surface area contributed by atoms with E-state index in [1.54, 1.807) is 4.90 Å². The summed E-state index contributed by atoms with van der Waals surface area (Å²) in [5.74, 6) is -5.23. The van der Waals surface area contributed by atoms with Crippen LogP contribution in [0, 0.1) is 11.6 Å². The number of hydrogen-bond acceptors (Lipinski definition) is 4. The van der Waals surface area contributed by atoms with Crippen LogP contribution in [0.3, 0.4) is 0 Å². The van der Waals surface area contributed by atoms with E-state index in [0.717, 1.165) is 19.1 Å². The van der Waals surface area contributed by atoms with Gasteiger partial charge in [0.1, 0.15) is 23.6 Å². The van der Waals surface area contributed by atoms with Gasteiger partial charge in [0.15, 0.2) is 5.60 Å². The van der Waals surface area contributed by atoms with Crippen LogP contribution >= 0.6 is 0 Å². The van der Waals surface area contributed by atoms with Gasteiger partial charge >= 0.3 is 0 Å². The van der Waals surface area contributed by atoms with E-state index in [1.807, 2.05) is 0 Å². The van der Waals surface area contributed by atoms with Gasteiger partial charge in [0, 0.05) is 50.7 Å². The summed E-state index contributed by atoms with van der Waals surface area (Å²) >= 11 is 0. The molecule has 5 rings (SSSR count). The smallest absolute Gasteiger partial charge is 0.286 e. The maximum Gasteiger partial charge on any atom is 0.286 e. The standard InChI is InChI=1S/C24H23F4N3O3/c1-23(27,28)19-12-14(4-7-29-19)21(32)30-8-5-24(6-9-30)22(33)31-18(2-3-20(31)34-24)15-10-16(25)13-17(26)11-15/h4,7,10-13,18,20H,2-3,5-6,8-9H2,1H3/t18-,20+/m0/s1. The predicted octanol–water partition coefficient (Wildman–Crippen LogP) is 4.17. The van der Waals surface area contributed by atoms with E-state index in [4.69, 9.17) is 4.74 Å².